The van der Waals surface area contributed by atoms with Gasteiger partial charge in [0.25, 0.3) is 0 Å². The molecule has 6 heteroatoms. The van der Waals surface area contributed by atoms with Crippen LogP contribution >= 0.6 is 0 Å². The standard InChI is InChI=1S/C19H30BN3O2/c1-7-18(24)21-16-14-15(20(5)25-19(2,3)4)8-9-17(16)23-12-10-22(6)11-13-23/h7-9,14H,1,10-13H2,2-6H3,(H,21,24). The number of carbonyl (C=O) groups excluding carboxylic acids is 1. The van der Waals surface area contributed by atoms with Crippen LogP contribution in [0.3, 0.4) is 0 Å². The second kappa shape index (κ2) is 8.06. The van der Waals surface area contributed by atoms with Gasteiger partial charge in [-0.1, -0.05) is 19.5 Å². The zero-order valence-corrected chi connectivity index (χ0v) is 16.1. The molecule has 0 spiro atoms. The van der Waals surface area contributed by atoms with Crippen molar-refractivity contribution in [3.63, 3.8) is 0 Å². The second-order valence-corrected chi connectivity index (χ2v) is 7.63. The fraction of sp³-hybridized carbons (Fsp3) is 0.526. The summed E-state index contributed by atoms with van der Waals surface area (Å²) in [5, 5.41) is 2.96. The molecule has 0 unspecified atom stereocenters. The predicted molar refractivity (Wildman–Crippen MR) is 107 cm³/mol. The average molecular weight is 343 g/mol. The second-order valence-electron chi connectivity index (χ2n) is 7.63. The molecule has 136 valence electrons. The Morgan fingerprint density at radius 3 is 2.48 bits per heavy atom. The Balaban J connectivity index is 2.29. The minimum atomic E-state index is -0.222. The third-order valence-corrected chi connectivity index (χ3v) is 4.31. The summed E-state index contributed by atoms with van der Waals surface area (Å²) in [7, 11) is 2.13. The number of likely N-dealkylation sites (N-methyl/N-ethyl adjacent to an activating group) is 1. The normalized spacial score (nSPS) is 15.8. The Hall–Kier alpha value is -1.79. The molecule has 0 saturated carbocycles. The van der Waals surface area contributed by atoms with Gasteiger partial charge in [0, 0.05) is 31.8 Å². The number of anilines is 2. The lowest BCUT2D eigenvalue weighted by molar-refractivity contribution is -0.111. The molecular formula is C19H30BN3O2. The molecular weight excluding hydrogens is 313 g/mol. The van der Waals surface area contributed by atoms with Crippen molar-refractivity contribution < 1.29 is 9.45 Å². The van der Waals surface area contributed by atoms with Crippen LogP contribution in [0.25, 0.3) is 0 Å². The van der Waals surface area contributed by atoms with Crippen molar-refractivity contribution >= 4 is 29.7 Å². The van der Waals surface area contributed by atoms with E-state index in [0.717, 1.165) is 43.0 Å². The molecule has 1 aromatic carbocycles. The molecule has 1 fully saturated rings. The molecule has 25 heavy (non-hydrogen) atoms. The Labute approximate surface area is 152 Å². The first kappa shape index (κ1) is 19.5. The van der Waals surface area contributed by atoms with Crippen LogP contribution in [0.2, 0.25) is 6.82 Å². The SMILES string of the molecule is C=CC(=O)Nc1cc(B(C)OC(C)(C)C)ccc1N1CCN(C)CC1. The average Bonchev–Trinajstić information content (AvgIpc) is 2.54. The smallest absolute Gasteiger partial charge is 0.324 e. The first-order valence-corrected chi connectivity index (χ1v) is 8.88. The third kappa shape index (κ3) is 5.61. The molecule has 0 aliphatic carbocycles. The lowest BCUT2D eigenvalue weighted by atomic mass is 9.63. The fourth-order valence-corrected chi connectivity index (χ4v) is 3.01. The molecule has 1 N–H and O–H groups in total. The van der Waals surface area contributed by atoms with Crippen LogP contribution < -0.4 is 15.7 Å². The van der Waals surface area contributed by atoms with Gasteiger partial charge in [0.05, 0.1) is 11.4 Å². The summed E-state index contributed by atoms with van der Waals surface area (Å²) in [6.45, 7) is 15.6. The molecule has 0 atom stereocenters. The molecule has 5 nitrogen and oxygen atoms in total. The fourth-order valence-electron chi connectivity index (χ4n) is 3.01. The van der Waals surface area contributed by atoms with Gasteiger partial charge in [-0.2, -0.15) is 0 Å². The van der Waals surface area contributed by atoms with Crippen molar-refractivity contribution in [2.75, 3.05) is 43.4 Å². The van der Waals surface area contributed by atoms with E-state index in [1.54, 1.807) is 0 Å². The highest BCUT2D eigenvalue weighted by molar-refractivity contribution is 6.66. The summed E-state index contributed by atoms with van der Waals surface area (Å²) in [4.78, 5) is 16.5. The number of hydrogen-bond donors (Lipinski definition) is 1. The maximum atomic E-state index is 11.9. The van der Waals surface area contributed by atoms with Crippen molar-refractivity contribution in [3.8, 4) is 0 Å². The van der Waals surface area contributed by atoms with E-state index in [1.807, 2.05) is 33.7 Å². The van der Waals surface area contributed by atoms with Gasteiger partial charge >= 0.3 is 6.92 Å². The van der Waals surface area contributed by atoms with Gasteiger partial charge in [-0.15, -0.1) is 0 Å². The highest BCUT2D eigenvalue weighted by Gasteiger charge is 2.23. The summed E-state index contributed by atoms with van der Waals surface area (Å²) < 4.78 is 6.06. The van der Waals surface area contributed by atoms with Crippen LogP contribution in [0.1, 0.15) is 20.8 Å². The number of nitrogens with one attached hydrogen (secondary N) is 1. The number of amides is 1. The van der Waals surface area contributed by atoms with Crippen LogP contribution in [0.5, 0.6) is 0 Å². The Morgan fingerprint density at radius 1 is 1.28 bits per heavy atom. The van der Waals surface area contributed by atoms with Crippen molar-refractivity contribution in [2.24, 2.45) is 0 Å². The molecule has 2 rings (SSSR count). The van der Waals surface area contributed by atoms with Crippen LogP contribution in [-0.4, -0.2) is 56.6 Å². The van der Waals surface area contributed by atoms with Gasteiger partial charge < -0.3 is 19.8 Å². The molecule has 0 radical (unpaired) electrons. The zero-order valence-electron chi connectivity index (χ0n) is 16.1. The lowest BCUT2D eigenvalue weighted by Gasteiger charge is -2.35. The molecule has 1 amide bonds. The van der Waals surface area contributed by atoms with Gasteiger partial charge in [0.15, 0.2) is 0 Å². The van der Waals surface area contributed by atoms with Crippen LogP contribution in [0, 0.1) is 0 Å². The number of rotatable bonds is 5. The summed E-state index contributed by atoms with van der Waals surface area (Å²) in [6.07, 6.45) is 1.30. The van der Waals surface area contributed by atoms with Crippen LogP contribution in [0.4, 0.5) is 11.4 Å². The zero-order chi connectivity index (χ0) is 18.6. The van der Waals surface area contributed by atoms with E-state index in [1.165, 1.54) is 6.08 Å². The molecule has 1 aliphatic heterocycles. The van der Waals surface area contributed by atoms with E-state index in [9.17, 15) is 4.79 Å². The van der Waals surface area contributed by atoms with E-state index in [4.69, 9.17) is 4.65 Å². The number of benzene rings is 1. The van der Waals surface area contributed by atoms with E-state index >= 15 is 0 Å². The van der Waals surface area contributed by atoms with E-state index < -0.39 is 0 Å². The Kier molecular flexibility index (Phi) is 6.30. The highest BCUT2D eigenvalue weighted by Crippen LogP contribution is 2.26. The maximum absolute atomic E-state index is 11.9. The van der Waals surface area contributed by atoms with Crippen LogP contribution in [-0.2, 0) is 9.45 Å². The number of piperazine rings is 1. The molecule has 0 aromatic heterocycles. The van der Waals surface area contributed by atoms with E-state index in [2.05, 4.69) is 40.9 Å². The van der Waals surface area contributed by atoms with Crippen molar-refractivity contribution in [1.29, 1.82) is 0 Å². The molecule has 0 bridgehead atoms. The number of hydrogen-bond acceptors (Lipinski definition) is 4. The molecule has 1 aliphatic rings. The van der Waals surface area contributed by atoms with E-state index in [-0.39, 0.29) is 18.4 Å². The van der Waals surface area contributed by atoms with Gasteiger partial charge in [-0.05, 0) is 51.5 Å². The van der Waals surface area contributed by atoms with E-state index in [0.29, 0.717) is 0 Å². The Bertz CT molecular complexity index is 620. The van der Waals surface area contributed by atoms with Crippen LogP contribution in [0.15, 0.2) is 30.9 Å². The Morgan fingerprint density at radius 2 is 1.92 bits per heavy atom. The third-order valence-electron chi connectivity index (χ3n) is 4.31. The van der Waals surface area contributed by atoms with Crippen molar-refractivity contribution in [2.45, 2.75) is 33.2 Å². The van der Waals surface area contributed by atoms with Gasteiger partial charge in [-0.25, -0.2) is 0 Å². The van der Waals surface area contributed by atoms with Crippen molar-refractivity contribution in [1.82, 2.24) is 4.90 Å². The number of nitrogens with zero attached hydrogens (tertiary/aromatic N) is 2. The molecule has 1 aromatic rings. The molecule has 1 heterocycles. The highest BCUT2D eigenvalue weighted by atomic mass is 16.5. The first-order valence-electron chi connectivity index (χ1n) is 8.88. The summed E-state index contributed by atoms with van der Waals surface area (Å²) in [6, 6.07) is 6.20. The first-order chi connectivity index (χ1) is 11.7. The van der Waals surface area contributed by atoms with Gasteiger partial charge in [0.2, 0.25) is 5.91 Å². The molecule has 1 saturated heterocycles. The quantitative estimate of drug-likeness (QED) is 0.658. The van der Waals surface area contributed by atoms with Gasteiger partial charge in [-0.3, -0.25) is 4.79 Å². The summed E-state index contributed by atoms with van der Waals surface area (Å²) in [5.74, 6) is -0.197. The monoisotopic (exact) mass is 343 g/mol. The maximum Gasteiger partial charge on any atom is 0.324 e. The summed E-state index contributed by atoms with van der Waals surface area (Å²) >= 11 is 0. The largest absolute Gasteiger partial charge is 0.427 e. The minimum Gasteiger partial charge on any atom is -0.427 e. The number of carbonyl (C=O) groups is 1. The minimum absolute atomic E-state index is 0.0547. The predicted octanol–water partition coefficient (Wildman–Crippen LogP) is 2.21. The lowest BCUT2D eigenvalue weighted by Crippen LogP contribution is -2.45. The van der Waals surface area contributed by atoms with Crippen molar-refractivity contribution in [3.05, 3.63) is 30.9 Å². The van der Waals surface area contributed by atoms with Gasteiger partial charge in [0.1, 0.15) is 0 Å². The summed E-state index contributed by atoms with van der Waals surface area (Å²) in [5.41, 5.74) is 2.69. The topological polar surface area (TPSA) is 44.8 Å².